The SMILES string of the molecule is Cc1ccc(-c2nnc(SCC(=O)N3CCC[C@@H]4CCCC[C@H]43)n2N)cc1. The quantitative estimate of drug-likeness (QED) is 0.646. The predicted molar refractivity (Wildman–Crippen MR) is 108 cm³/mol. The number of fused-ring (bicyclic) bond motifs is 1. The summed E-state index contributed by atoms with van der Waals surface area (Å²) in [6.07, 6.45) is 7.40. The molecule has 2 aliphatic rings. The Hall–Kier alpha value is -2.02. The third-order valence-corrected chi connectivity index (χ3v) is 6.79. The van der Waals surface area contributed by atoms with Crippen LogP contribution in [0.15, 0.2) is 29.4 Å². The highest BCUT2D eigenvalue weighted by Gasteiger charge is 2.35. The Morgan fingerprint density at radius 3 is 2.70 bits per heavy atom. The molecule has 0 spiro atoms. The Labute approximate surface area is 164 Å². The van der Waals surface area contributed by atoms with Crippen LogP contribution in [0.3, 0.4) is 0 Å². The van der Waals surface area contributed by atoms with Crippen molar-refractivity contribution in [1.82, 2.24) is 19.8 Å². The Balaban J connectivity index is 1.41. The maximum atomic E-state index is 12.9. The van der Waals surface area contributed by atoms with Crippen LogP contribution in [0.4, 0.5) is 0 Å². The van der Waals surface area contributed by atoms with Gasteiger partial charge in [-0.25, -0.2) is 4.68 Å². The standard InChI is InChI=1S/C20H27N5OS/c1-14-8-10-16(11-9-14)19-22-23-20(25(19)21)27-13-18(26)24-12-4-6-15-5-2-3-7-17(15)24/h8-11,15,17H,2-7,12-13,21H2,1H3/t15-,17+/m0/s1. The zero-order valence-corrected chi connectivity index (χ0v) is 16.6. The van der Waals surface area contributed by atoms with E-state index in [0.717, 1.165) is 24.9 Å². The van der Waals surface area contributed by atoms with Crippen LogP contribution in [-0.4, -0.2) is 44.0 Å². The van der Waals surface area contributed by atoms with Gasteiger partial charge in [0.25, 0.3) is 0 Å². The molecule has 1 aliphatic carbocycles. The zero-order valence-electron chi connectivity index (χ0n) is 15.8. The molecule has 2 aromatic rings. The lowest BCUT2D eigenvalue weighted by atomic mass is 9.78. The lowest BCUT2D eigenvalue weighted by Crippen LogP contribution is -2.50. The molecule has 27 heavy (non-hydrogen) atoms. The Morgan fingerprint density at radius 1 is 1.15 bits per heavy atom. The number of benzene rings is 1. The summed E-state index contributed by atoms with van der Waals surface area (Å²) in [5, 5.41) is 8.99. The van der Waals surface area contributed by atoms with Crippen molar-refractivity contribution in [3.63, 3.8) is 0 Å². The number of aryl methyl sites for hydroxylation is 1. The molecule has 7 heteroatoms. The van der Waals surface area contributed by atoms with Crippen molar-refractivity contribution in [2.24, 2.45) is 5.92 Å². The van der Waals surface area contributed by atoms with Gasteiger partial charge < -0.3 is 10.7 Å². The molecular weight excluding hydrogens is 358 g/mol. The number of aromatic nitrogens is 3. The molecule has 1 saturated carbocycles. The number of amides is 1. The number of nitrogen functional groups attached to an aromatic ring is 1. The maximum absolute atomic E-state index is 12.9. The van der Waals surface area contributed by atoms with E-state index in [1.54, 1.807) is 0 Å². The fraction of sp³-hybridized carbons (Fsp3) is 0.550. The largest absolute Gasteiger partial charge is 0.339 e. The molecular formula is C20H27N5OS. The summed E-state index contributed by atoms with van der Waals surface area (Å²) >= 11 is 1.38. The summed E-state index contributed by atoms with van der Waals surface area (Å²) in [5.74, 6) is 8.09. The topological polar surface area (TPSA) is 77.0 Å². The fourth-order valence-corrected chi connectivity index (χ4v) is 5.16. The van der Waals surface area contributed by atoms with Gasteiger partial charge in [0.2, 0.25) is 11.1 Å². The van der Waals surface area contributed by atoms with Gasteiger partial charge in [0, 0.05) is 18.2 Å². The first-order valence-corrected chi connectivity index (χ1v) is 10.8. The van der Waals surface area contributed by atoms with Crippen LogP contribution in [-0.2, 0) is 4.79 Å². The van der Waals surface area contributed by atoms with E-state index in [0.29, 0.717) is 28.7 Å². The molecule has 144 valence electrons. The molecule has 1 amide bonds. The summed E-state index contributed by atoms with van der Waals surface area (Å²) in [6.45, 7) is 2.94. The zero-order chi connectivity index (χ0) is 18.8. The van der Waals surface area contributed by atoms with E-state index in [2.05, 4.69) is 15.1 Å². The molecule has 0 unspecified atom stereocenters. The normalized spacial score (nSPS) is 22.5. The van der Waals surface area contributed by atoms with Crippen molar-refractivity contribution in [2.75, 3.05) is 18.1 Å². The number of piperidine rings is 1. The number of likely N-dealkylation sites (tertiary alicyclic amines) is 1. The molecule has 2 N–H and O–H groups in total. The maximum Gasteiger partial charge on any atom is 0.233 e. The lowest BCUT2D eigenvalue weighted by molar-refractivity contribution is -0.134. The summed E-state index contributed by atoms with van der Waals surface area (Å²) < 4.78 is 1.49. The molecule has 0 radical (unpaired) electrons. The van der Waals surface area contributed by atoms with Gasteiger partial charge in [-0.15, -0.1) is 10.2 Å². The third-order valence-electron chi connectivity index (χ3n) is 5.86. The minimum absolute atomic E-state index is 0.205. The summed E-state index contributed by atoms with van der Waals surface area (Å²) in [5.41, 5.74) is 2.11. The Kier molecular flexibility index (Phi) is 5.38. The van der Waals surface area contributed by atoms with Gasteiger partial charge in [0.15, 0.2) is 5.82 Å². The van der Waals surface area contributed by atoms with Crippen molar-refractivity contribution in [3.05, 3.63) is 29.8 Å². The molecule has 1 aromatic heterocycles. The molecule has 4 rings (SSSR count). The summed E-state index contributed by atoms with van der Waals surface area (Å²) in [6, 6.07) is 8.46. The lowest BCUT2D eigenvalue weighted by Gasteiger charge is -2.44. The fourth-order valence-electron chi connectivity index (χ4n) is 4.42. The van der Waals surface area contributed by atoms with Crippen molar-refractivity contribution in [2.45, 2.75) is 56.6 Å². The van der Waals surface area contributed by atoms with E-state index in [9.17, 15) is 4.79 Å². The van der Waals surface area contributed by atoms with E-state index in [4.69, 9.17) is 5.84 Å². The molecule has 1 aromatic carbocycles. The first kappa shape index (κ1) is 18.3. The Bertz CT molecular complexity index is 801. The van der Waals surface area contributed by atoms with Gasteiger partial charge in [0.05, 0.1) is 5.75 Å². The van der Waals surface area contributed by atoms with Crippen molar-refractivity contribution in [1.29, 1.82) is 0 Å². The van der Waals surface area contributed by atoms with Gasteiger partial charge in [0.1, 0.15) is 0 Å². The molecule has 1 saturated heterocycles. The van der Waals surface area contributed by atoms with E-state index in [-0.39, 0.29) is 5.91 Å². The molecule has 2 fully saturated rings. The predicted octanol–water partition coefficient (Wildman–Crippen LogP) is 3.24. The van der Waals surface area contributed by atoms with Gasteiger partial charge >= 0.3 is 0 Å². The van der Waals surface area contributed by atoms with E-state index in [1.165, 1.54) is 47.7 Å². The monoisotopic (exact) mass is 385 g/mol. The van der Waals surface area contributed by atoms with E-state index < -0.39 is 0 Å². The molecule has 0 bridgehead atoms. The summed E-state index contributed by atoms with van der Waals surface area (Å²) in [4.78, 5) is 15.0. The van der Waals surface area contributed by atoms with Crippen LogP contribution >= 0.6 is 11.8 Å². The molecule has 2 atom stereocenters. The molecule has 6 nitrogen and oxygen atoms in total. The highest BCUT2D eigenvalue weighted by Crippen LogP contribution is 2.35. The van der Waals surface area contributed by atoms with Gasteiger partial charge in [-0.3, -0.25) is 4.79 Å². The van der Waals surface area contributed by atoms with Crippen LogP contribution < -0.4 is 5.84 Å². The van der Waals surface area contributed by atoms with Crippen LogP contribution in [0.1, 0.15) is 44.1 Å². The first-order chi connectivity index (χ1) is 13.1. The van der Waals surface area contributed by atoms with Crippen molar-refractivity contribution >= 4 is 17.7 Å². The van der Waals surface area contributed by atoms with Gasteiger partial charge in [-0.05, 0) is 38.5 Å². The highest BCUT2D eigenvalue weighted by atomic mass is 32.2. The number of carbonyl (C=O) groups is 1. The number of hydrogen-bond acceptors (Lipinski definition) is 5. The van der Waals surface area contributed by atoms with Gasteiger partial charge in [-0.1, -0.05) is 54.4 Å². The van der Waals surface area contributed by atoms with Crippen LogP contribution in [0.5, 0.6) is 0 Å². The average molecular weight is 386 g/mol. The van der Waals surface area contributed by atoms with Crippen LogP contribution in [0.2, 0.25) is 0 Å². The van der Waals surface area contributed by atoms with Crippen molar-refractivity contribution in [3.8, 4) is 11.4 Å². The number of nitrogens with zero attached hydrogens (tertiary/aromatic N) is 4. The number of rotatable bonds is 4. The second-order valence-electron chi connectivity index (χ2n) is 7.67. The molecule has 1 aliphatic heterocycles. The molecule has 2 heterocycles. The van der Waals surface area contributed by atoms with Crippen molar-refractivity contribution < 1.29 is 4.79 Å². The smallest absolute Gasteiger partial charge is 0.233 e. The second-order valence-corrected chi connectivity index (χ2v) is 8.61. The first-order valence-electron chi connectivity index (χ1n) is 9.83. The summed E-state index contributed by atoms with van der Waals surface area (Å²) in [7, 11) is 0. The Morgan fingerprint density at radius 2 is 1.89 bits per heavy atom. The average Bonchev–Trinajstić information content (AvgIpc) is 3.07. The van der Waals surface area contributed by atoms with Gasteiger partial charge in [-0.2, -0.15) is 0 Å². The van der Waals surface area contributed by atoms with Crippen LogP contribution in [0.25, 0.3) is 11.4 Å². The number of nitrogens with two attached hydrogens (primary N) is 1. The second kappa shape index (κ2) is 7.92. The highest BCUT2D eigenvalue weighted by molar-refractivity contribution is 7.99. The third kappa shape index (κ3) is 3.83. The number of carbonyl (C=O) groups excluding carboxylic acids is 1. The minimum Gasteiger partial charge on any atom is -0.339 e. The number of hydrogen-bond donors (Lipinski definition) is 1. The van der Waals surface area contributed by atoms with E-state index in [1.807, 2.05) is 31.2 Å². The number of thioether (sulfide) groups is 1. The van der Waals surface area contributed by atoms with Crippen LogP contribution in [0, 0.1) is 12.8 Å². The minimum atomic E-state index is 0.205. The van der Waals surface area contributed by atoms with E-state index >= 15 is 0 Å².